The molecule has 4 rings (SSSR count). The van der Waals surface area contributed by atoms with Gasteiger partial charge in [0.15, 0.2) is 5.82 Å². The molecule has 7 heteroatoms. The van der Waals surface area contributed by atoms with Crippen molar-refractivity contribution in [2.24, 2.45) is 0 Å². The average molecular weight is 361 g/mol. The fourth-order valence-electron chi connectivity index (χ4n) is 3.09. The van der Waals surface area contributed by atoms with Gasteiger partial charge in [-0.15, -0.1) is 0 Å². The maximum Gasteiger partial charge on any atom is 0.255 e. The highest BCUT2D eigenvalue weighted by atomic mass is 16.2. The fraction of sp³-hybridized carbons (Fsp3) is 0.200. The molecule has 1 aromatic heterocycles. The Morgan fingerprint density at radius 3 is 2.52 bits per heavy atom. The molecule has 0 bridgehead atoms. The summed E-state index contributed by atoms with van der Waals surface area (Å²) in [6.07, 6.45) is 0. The molecule has 0 fully saturated rings. The van der Waals surface area contributed by atoms with Gasteiger partial charge in [-0.3, -0.25) is 14.7 Å². The molecule has 0 aliphatic carbocycles. The van der Waals surface area contributed by atoms with E-state index in [9.17, 15) is 9.59 Å². The van der Waals surface area contributed by atoms with Crippen LogP contribution in [0.25, 0.3) is 11.4 Å². The van der Waals surface area contributed by atoms with Crippen molar-refractivity contribution in [3.8, 4) is 11.4 Å². The zero-order chi connectivity index (χ0) is 19.2. The first-order chi connectivity index (χ1) is 12.8. The average Bonchev–Trinajstić information content (AvgIpc) is 3.17. The van der Waals surface area contributed by atoms with Crippen LogP contribution in [0.2, 0.25) is 0 Å². The lowest BCUT2D eigenvalue weighted by atomic mass is 9.85. The minimum Gasteiger partial charge on any atom is -0.325 e. The van der Waals surface area contributed by atoms with E-state index in [2.05, 4.69) is 25.8 Å². The van der Waals surface area contributed by atoms with Crippen molar-refractivity contribution < 1.29 is 9.59 Å². The number of nitrogens with one attached hydrogen (secondary N) is 3. The summed E-state index contributed by atoms with van der Waals surface area (Å²) >= 11 is 0. The smallest absolute Gasteiger partial charge is 0.255 e. The van der Waals surface area contributed by atoms with Gasteiger partial charge in [-0.25, -0.2) is 4.98 Å². The van der Waals surface area contributed by atoms with Gasteiger partial charge >= 0.3 is 0 Å². The van der Waals surface area contributed by atoms with Crippen LogP contribution in [-0.4, -0.2) is 27.0 Å². The first-order valence-corrected chi connectivity index (χ1v) is 8.61. The summed E-state index contributed by atoms with van der Waals surface area (Å²) in [4.78, 5) is 29.0. The van der Waals surface area contributed by atoms with Gasteiger partial charge in [0.1, 0.15) is 5.82 Å². The quantitative estimate of drug-likeness (QED) is 0.667. The Balaban J connectivity index is 1.53. The Bertz CT molecular complexity index is 1050. The Morgan fingerprint density at radius 1 is 1.11 bits per heavy atom. The van der Waals surface area contributed by atoms with E-state index >= 15 is 0 Å². The number of carbonyl (C=O) groups is 2. The number of aryl methyl sites for hydroxylation is 1. The molecule has 3 N–H and O–H groups in total. The van der Waals surface area contributed by atoms with Gasteiger partial charge in [-0.05, 0) is 68.8 Å². The number of hydrogen-bond donors (Lipinski definition) is 3. The van der Waals surface area contributed by atoms with Crippen LogP contribution in [0.4, 0.5) is 11.4 Å². The van der Waals surface area contributed by atoms with E-state index < -0.39 is 5.41 Å². The second-order valence-electron chi connectivity index (χ2n) is 7.12. The standard InChI is InChI=1S/C20H19N5O2/c1-11-21-17(25-24-11)12-4-7-14(8-5-12)22-18(26)13-6-9-16-15(10-13)20(2,3)19(27)23-16/h4-10H,1-3H3,(H,22,26)(H,23,27)(H,21,24,25). The summed E-state index contributed by atoms with van der Waals surface area (Å²) in [5.41, 5.74) is 2.98. The molecule has 136 valence electrons. The maximum atomic E-state index is 12.6. The number of fused-ring (bicyclic) bond motifs is 1. The van der Waals surface area contributed by atoms with Gasteiger partial charge in [-0.2, -0.15) is 5.10 Å². The molecule has 0 saturated heterocycles. The summed E-state index contributed by atoms with van der Waals surface area (Å²) < 4.78 is 0. The molecule has 2 heterocycles. The molecule has 1 aliphatic rings. The van der Waals surface area contributed by atoms with Crippen LogP contribution >= 0.6 is 0 Å². The zero-order valence-electron chi connectivity index (χ0n) is 15.3. The predicted molar refractivity (Wildman–Crippen MR) is 103 cm³/mol. The van der Waals surface area contributed by atoms with E-state index in [-0.39, 0.29) is 11.8 Å². The Kier molecular flexibility index (Phi) is 3.80. The molecule has 0 radical (unpaired) electrons. The molecule has 27 heavy (non-hydrogen) atoms. The number of nitrogens with zero attached hydrogens (tertiary/aromatic N) is 2. The zero-order valence-corrected chi connectivity index (χ0v) is 15.3. The van der Waals surface area contributed by atoms with Crippen LogP contribution in [0.15, 0.2) is 42.5 Å². The van der Waals surface area contributed by atoms with Crippen molar-refractivity contribution in [3.05, 3.63) is 59.4 Å². The van der Waals surface area contributed by atoms with Crippen LogP contribution in [0.5, 0.6) is 0 Å². The van der Waals surface area contributed by atoms with Crippen LogP contribution in [0, 0.1) is 6.92 Å². The number of aromatic amines is 1. The third-order valence-electron chi connectivity index (χ3n) is 4.77. The number of hydrogen-bond acceptors (Lipinski definition) is 4. The van der Waals surface area contributed by atoms with E-state index in [1.165, 1.54) is 0 Å². The van der Waals surface area contributed by atoms with Crippen LogP contribution in [-0.2, 0) is 10.2 Å². The number of rotatable bonds is 3. The van der Waals surface area contributed by atoms with E-state index in [1.54, 1.807) is 30.3 Å². The molecule has 2 aromatic carbocycles. The van der Waals surface area contributed by atoms with Crippen molar-refractivity contribution in [2.45, 2.75) is 26.2 Å². The molecule has 0 atom stereocenters. The minimum absolute atomic E-state index is 0.0622. The van der Waals surface area contributed by atoms with Crippen LogP contribution in [0.3, 0.4) is 0 Å². The third-order valence-corrected chi connectivity index (χ3v) is 4.77. The second kappa shape index (κ2) is 6.05. The molecule has 0 saturated carbocycles. The molecule has 1 aliphatic heterocycles. The number of H-pyrrole nitrogens is 1. The lowest BCUT2D eigenvalue weighted by molar-refractivity contribution is -0.119. The molecule has 2 amide bonds. The SMILES string of the molecule is Cc1nc(-c2ccc(NC(=O)c3ccc4c(c3)C(C)(C)C(=O)N4)cc2)n[nH]1. The lowest BCUT2D eigenvalue weighted by Gasteiger charge is -2.15. The van der Waals surface area contributed by atoms with E-state index in [0.29, 0.717) is 17.1 Å². The Hall–Kier alpha value is -3.48. The molecular weight excluding hydrogens is 342 g/mol. The van der Waals surface area contributed by atoms with Crippen molar-refractivity contribution >= 4 is 23.2 Å². The monoisotopic (exact) mass is 361 g/mol. The highest BCUT2D eigenvalue weighted by molar-refractivity contribution is 6.09. The van der Waals surface area contributed by atoms with Gasteiger partial charge in [0.2, 0.25) is 5.91 Å². The van der Waals surface area contributed by atoms with Crippen molar-refractivity contribution in [1.29, 1.82) is 0 Å². The Morgan fingerprint density at radius 2 is 1.85 bits per heavy atom. The second-order valence-corrected chi connectivity index (χ2v) is 7.12. The van der Waals surface area contributed by atoms with E-state index in [1.807, 2.05) is 32.9 Å². The minimum atomic E-state index is -0.651. The highest BCUT2D eigenvalue weighted by Crippen LogP contribution is 2.37. The van der Waals surface area contributed by atoms with Gasteiger partial charge in [-0.1, -0.05) is 0 Å². The van der Waals surface area contributed by atoms with Gasteiger partial charge in [0.25, 0.3) is 5.91 Å². The summed E-state index contributed by atoms with van der Waals surface area (Å²) in [7, 11) is 0. The molecule has 0 spiro atoms. The summed E-state index contributed by atoms with van der Waals surface area (Å²) in [6, 6.07) is 12.6. The normalized spacial score (nSPS) is 14.6. The van der Waals surface area contributed by atoms with E-state index in [4.69, 9.17) is 0 Å². The largest absolute Gasteiger partial charge is 0.325 e. The first-order valence-electron chi connectivity index (χ1n) is 8.61. The number of amides is 2. The van der Waals surface area contributed by atoms with Crippen molar-refractivity contribution in [1.82, 2.24) is 15.2 Å². The summed E-state index contributed by atoms with van der Waals surface area (Å²) in [5, 5.41) is 12.6. The van der Waals surface area contributed by atoms with E-state index in [0.717, 1.165) is 22.6 Å². The Labute approximate surface area is 156 Å². The topological polar surface area (TPSA) is 99.8 Å². The number of carbonyl (C=O) groups excluding carboxylic acids is 2. The molecule has 0 unspecified atom stereocenters. The predicted octanol–water partition coefficient (Wildman–Crippen LogP) is 3.26. The fourth-order valence-corrected chi connectivity index (χ4v) is 3.09. The lowest BCUT2D eigenvalue weighted by Crippen LogP contribution is -2.27. The third kappa shape index (κ3) is 2.97. The number of anilines is 2. The number of aromatic nitrogens is 3. The van der Waals surface area contributed by atoms with Gasteiger partial charge in [0, 0.05) is 22.5 Å². The highest BCUT2D eigenvalue weighted by Gasteiger charge is 2.38. The van der Waals surface area contributed by atoms with Crippen LogP contribution < -0.4 is 10.6 Å². The summed E-state index contributed by atoms with van der Waals surface area (Å²) in [6.45, 7) is 5.53. The van der Waals surface area contributed by atoms with Crippen molar-refractivity contribution in [3.63, 3.8) is 0 Å². The molecular formula is C20H19N5O2. The maximum absolute atomic E-state index is 12.6. The first kappa shape index (κ1) is 17.0. The van der Waals surface area contributed by atoms with Crippen LogP contribution in [0.1, 0.15) is 35.6 Å². The van der Waals surface area contributed by atoms with Crippen molar-refractivity contribution in [2.75, 3.05) is 10.6 Å². The number of benzene rings is 2. The molecule has 3 aromatic rings. The molecule has 7 nitrogen and oxygen atoms in total. The summed E-state index contributed by atoms with van der Waals surface area (Å²) in [5.74, 6) is 1.07. The van der Waals surface area contributed by atoms with Gasteiger partial charge < -0.3 is 10.6 Å². The van der Waals surface area contributed by atoms with Gasteiger partial charge in [0.05, 0.1) is 5.41 Å².